The third-order valence-corrected chi connectivity index (χ3v) is 2.91. The van der Waals surface area contributed by atoms with Gasteiger partial charge in [0.15, 0.2) is 0 Å². The quantitative estimate of drug-likeness (QED) is 0.845. The van der Waals surface area contributed by atoms with Gasteiger partial charge >= 0.3 is 6.18 Å². The highest BCUT2D eigenvalue weighted by molar-refractivity contribution is 5.76. The number of nitrogens with two attached hydrogens (primary N) is 1. The lowest BCUT2D eigenvalue weighted by Gasteiger charge is -2.14. The second-order valence-corrected chi connectivity index (χ2v) is 4.68. The average molecular weight is 288 g/mol. The number of carbonyl (C=O) groups is 1. The van der Waals surface area contributed by atoms with E-state index < -0.39 is 11.7 Å². The van der Waals surface area contributed by atoms with E-state index in [-0.39, 0.29) is 30.5 Å². The van der Waals surface area contributed by atoms with E-state index in [1.54, 1.807) is 0 Å². The Bertz CT molecular complexity index is 446. The molecule has 0 fully saturated rings. The lowest BCUT2D eigenvalue weighted by molar-refractivity contribution is -0.138. The number of rotatable bonds is 6. The van der Waals surface area contributed by atoms with Crippen LogP contribution in [-0.4, -0.2) is 11.9 Å². The Hall–Kier alpha value is -1.56. The molecule has 1 rings (SSSR count). The number of amides is 1. The van der Waals surface area contributed by atoms with E-state index in [4.69, 9.17) is 5.73 Å². The SMILES string of the molecule is CCCC(N)CC(=O)NCc1ccccc1C(F)(F)F. The predicted molar refractivity (Wildman–Crippen MR) is 70.8 cm³/mol. The van der Waals surface area contributed by atoms with E-state index in [1.807, 2.05) is 6.92 Å². The number of hydrogen-bond donors (Lipinski definition) is 2. The maximum Gasteiger partial charge on any atom is 0.416 e. The van der Waals surface area contributed by atoms with Crippen molar-refractivity contribution < 1.29 is 18.0 Å². The molecule has 1 aromatic rings. The van der Waals surface area contributed by atoms with Crippen LogP contribution in [0.3, 0.4) is 0 Å². The zero-order chi connectivity index (χ0) is 15.2. The highest BCUT2D eigenvalue weighted by Gasteiger charge is 2.32. The molecule has 0 radical (unpaired) electrons. The number of carbonyl (C=O) groups excluding carboxylic acids is 1. The molecule has 6 heteroatoms. The highest BCUT2D eigenvalue weighted by Crippen LogP contribution is 2.31. The van der Waals surface area contributed by atoms with E-state index >= 15 is 0 Å². The van der Waals surface area contributed by atoms with Gasteiger partial charge in [-0.15, -0.1) is 0 Å². The van der Waals surface area contributed by atoms with Crippen molar-refractivity contribution in [3.8, 4) is 0 Å². The summed E-state index contributed by atoms with van der Waals surface area (Å²) in [4.78, 5) is 11.6. The molecule has 0 aliphatic carbocycles. The summed E-state index contributed by atoms with van der Waals surface area (Å²) in [6.07, 6.45) is -2.71. The van der Waals surface area contributed by atoms with E-state index in [0.29, 0.717) is 6.42 Å². The third kappa shape index (κ3) is 5.21. The molecule has 0 bridgehead atoms. The maximum atomic E-state index is 12.8. The van der Waals surface area contributed by atoms with Crippen molar-refractivity contribution >= 4 is 5.91 Å². The molecule has 0 saturated carbocycles. The van der Waals surface area contributed by atoms with Gasteiger partial charge in [-0.2, -0.15) is 13.2 Å². The summed E-state index contributed by atoms with van der Waals surface area (Å²) in [7, 11) is 0. The second kappa shape index (κ2) is 7.28. The van der Waals surface area contributed by atoms with Crippen LogP contribution in [0.15, 0.2) is 24.3 Å². The van der Waals surface area contributed by atoms with E-state index in [0.717, 1.165) is 12.5 Å². The second-order valence-electron chi connectivity index (χ2n) is 4.68. The molecular formula is C14H19F3N2O. The molecule has 3 nitrogen and oxygen atoms in total. The van der Waals surface area contributed by atoms with Crippen molar-refractivity contribution in [3.63, 3.8) is 0 Å². The van der Waals surface area contributed by atoms with Gasteiger partial charge in [-0.3, -0.25) is 4.79 Å². The number of benzene rings is 1. The van der Waals surface area contributed by atoms with Gasteiger partial charge in [-0.1, -0.05) is 31.5 Å². The Morgan fingerprint density at radius 2 is 2.00 bits per heavy atom. The summed E-state index contributed by atoms with van der Waals surface area (Å²) in [5.74, 6) is -0.331. The third-order valence-electron chi connectivity index (χ3n) is 2.91. The van der Waals surface area contributed by atoms with Crippen LogP contribution >= 0.6 is 0 Å². The number of hydrogen-bond acceptors (Lipinski definition) is 2. The van der Waals surface area contributed by atoms with Gasteiger partial charge < -0.3 is 11.1 Å². The van der Waals surface area contributed by atoms with Gasteiger partial charge in [-0.25, -0.2) is 0 Å². The van der Waals surface area contributed by atoms with Crippen molar-refractivity contribution in [3.05, 3.63) is 35.4 Å². The van der Waals surface area contributed by atoms with E-state index in [1.165, 1.54) is 18.2 Å². The van der Waals surface area contributed by atoms with Crippen LogP contribution in [0.1, 0.15) is 37.3 Å². The van der Waals surface area contributed by atoms with E-state index in [9.17, 15) is 18.0 Å². The van der Waals surface area contributed by atoms with Crippen LogP contribution in [0.5, 0.6) is 0 Å². The molecule has 0 aliphatic heterocycles. The van der Waals surface area contributed by atoms with Crippen LogP contribution in [0.25, 0.3) is 0 Å². The summed E-state index contributed by atoms with van der Waals surface area (Å²) >= 11 is 0. The molecule has 1 aromatic carbocycles. The minimum absolute atomic E-state index is 0.0532. The Morgan fingerprint density at radius 3 is 2.60 bits per heavy atom. The number of nitrogens with one attached hydrogen (secondary N) is 1. The molecule has 1 atom stereocenters. The summed E-state index contributed by atoms with van der Waals surface area (Å²) in [5.41, 5.74) is 5.04. The average Bonchev–Trinajstić information content (AvgIpc) is 2.36. The maximum absolute atomic E-state index is 12.8. The minimum atomic E-state index is -4.42. The summed E-state index contributed by atoms with van der Waals surface area (Å²) in [6.45, 7) is 1.81. The molecule has 3 N–H and O–H groups in total. The van der Waals surface area contributed by atoms with Gasteiger partial charge in [0.25, 0.3) is 0 Å². The molecule has 0 spiro atoms. The van der Waals surface area contributed by atoms with Gasteiger partial charge in [0.2, 0.25) is 5.91 Å². The van der Waals surface area contributed by atoms with Crippen LogP contribution < -0.4 is 11.1 Å². The molecule has 0 aromatic heterocycles. The zero-order valence-electron chi connectivity index (χ0n) is 11.3. The molecule has 0 aliphatic rings. The Kier molecular flexibility index (Phi) is 6.01. The molecule has 1 unspecified atom stereocenters. The van der Waals surface area contributed by atoms with Crippen molar-refractivity contribution in [2.24, 2.45) is 5.73 Å². The van der Waals surface area contributed by atoms with Crippen molar-refractivity contribution in [1.82, 2.24) is 5.32 Å². The van der Waals surface area contributed by atoms with Crippen molar-refractivity contribution in [1.29, 1.82) is 0 Å². The fourth-order valence-electron chi connectivity index (χ4n) is 1.93. The van der Waals surface area contributed by atoms with Crippen molar-refractivity contribution in [2.45, 2.75) is 44.9 Å². The fraction of sp³-hybridized carbons (Fsp3) is 0.500. The van der Waals surface area contributed by atoms with Gasteiger partial charge in [0.05, 0.1) is 5.56 Å². The number of halogens is 3. The molecule has 112 valence electrons. The first kappa shape index (κ1) is 16.5. The standard InChI is InChI=1S/C14H19F3N2O/c1-2-5-11(18)8-13(20)19-9-10-6-3-4-7-12(10)14(15,16)17/h3-4,6-7,11H,2,5,8-9,18H2,1H3,(H,19,20). The summed E-state index contributed by atoms with van der Waals surface area (Å²) < 4.78 is 38.3. The fourth-order valence-corrected chi connectivity index (χ4v) is 1.93. The zero-order valence-corrected chi connectivity index (χ0v) is 11.3. The first-order chi connectivity index (χ1) is 9.34. The molecule has 0 heterocycles. The smallest absolute Gasteiger partial charge is 0.352 e. The molecular weight excluding hydrogens is 269 g/mol. The van der Waals surface area contributed by atoms with Crippen LogP contribution in [0.2, 0.25) is 0 Å². The Balaban J connectivity index is 2.60. The largest absolute Gasteiger partial charge is 0.416 e. The summed E-state index contributed by atoms with van der Waals surface area (Å²) in [5, 5.41) is 2.48. The molecule has 20 heavy (non-hydrogen) atoms. The van der Waals surface area contributed by atoms with E-state index in [2.05, 4.69) is 5.32 Å². The lowest BCUT2D eigenvalue weighted by Crippen LogP contribution is -2.31. The van der Waals surface area contributed by atoms with Crippen LogP contribution in [-0.2, 0) is 17.5 Å². The first-order valence-electron chi connectivity index (χ1n) is 6.52. The highest BCUT2D eigenvalue weighted by atomic mass is 19.4. The normalized spacial score (nSPS) is 13.1. The summed E-state index contributed by atoms with van der Waals surface area (Å²) in [6, 6.07) is 4.95. The van der Waals surface area contributed by atoms with Crippen molar-refractivity contribution in [2.75, 3.05) is 0 Å². The first-order valence-corrected chi connectivity index (χ1v) is 6.52. The monoisotopic (exact) mass is 288 g/mol. The van der Waals surface area contributed by atoms with Crippen LogP contribution in [0.4, 0.5) is 13.2 Å². The predicted octanol–water partition coefficient (Wildman–Crippen LogP) is 2.84. The van der Waals surface area contributed by atoms with Gasteiger partial charge in [-0.05, 0) is 18.1 Å². The van der Waals surface area contributed by atoms with Crippen LogP contribution in [0, 0.1) is 0 Å². The topological polar surface area (TPSA) is 55.1 Å². The Labute approximate surface area is 116 Å². The molecule has 0 saturated heterocycles. The van der Waals surface area contributed by atoms with Gasteiger partial charge in [0, 0.05) is 19.0 Å². The Morgan fingerprint density at radius 1 is 1.35 bits per heavy atom. The lowest BCUT2D eigenvalue weighted by atomic mass is 10.1. The molecule has 1 amide bonds. The minimum Gasteiger partial charge on any atom is -0.352 e. The van der Waals surface area contributed by atoms with Gasteiger partial charge in [0.1, 0.15) is 0 Å². The number of alkyl halides is 3.